The molecular weight excluding hydrogens is 770 g/mol. The number of halogens is 1. The van der Waals surface area contributed by atoms with Crippen molar-refractivity contribution in [3.8, 4) is 0 Å². The molecule has 0 fully saturated rings. The van der Waals surface area contributed by atoms with Crippen LogP contribution in [0, 0.1) is 6.92 Å². The van der Waals surface area contributed by atoms with Crippen LogP contribution in [0.3, 0.4) is 0 Å². The predicted octanol–water partition coefficient (Wildman–Crippen LogP) is 6.20. The monoisotopic (exact) mass is 800 g/mol. The molecule has 0 atom stereocenters. The van der Waals surface area contributed by atoms with E-state index in [2.05, 4.69) is 10.3 Å². The molecule has 0 amide bonds. The van der Waals surface area contributed by atoms with Crippen LogP contribution in [-0.2, 0) is 43.4 Å². The molecule has 4 N–H and O–H groups in total. The van der Waals surface area contributed by atoms with Gasteiger partial charge in [0.1, 0.15) is 0 Å². The summed E-state index contributed by atoms with van der Waals surface area (Å²) < 4.78 is 98.2. The Morgan fingerprint density at radius 1 is 0.712 bits per heavy atom. The predicted molar refractivity (Wildman–Crippen MR) is 204 cm³/mol. The van der Waals surface area contributed by atoms with Crippen LogP contribution in [-0.4, -0.2) is 104 Å². The molecular formula is C35H31ClN2Na2O9S3. The van der Waals surface area contributed by atoms with E-state index in [1.165, 1.54) is 54.6 Å². The minimum atomic E-state index is -4.51. The number of nitrogens with zero attached hydrogens (tertiary/aromatic N) is 1. The molecule has 1 aliphatic carbocycles. The first-order valence-corrected chi connectivity index (χ1v) is 19.5. The maximum Gasteiger partial charge on any atom is 0.294 e. The van der Waals surface area contributed by atoms with Crippen molar-refractivity contribution in [3.63, 3.8) is 0 Å². The van der Waals surface area contributed by atoms with Crippen LogP contribution in [0.5, 0.6) is 0 Å². The van der Waals surface area contributed by atoms with Crippen molar-refractivity contribution in [2.45, 2.75) is 41.6 Å². The van der Waals surface area contributed by atoms with E-state index in [4.69, 9.17) is 11.6 Å². The second-order valence-corrected chi connectivity index (χ2v) is 16.1. The third kappa shape index (κ3) is 11.1. The van der Waals surface area contributed by atoms with Gasteiger partial charge in [-0.25, -0.2) is 0 Å². The van der Waals surface area contributed by atoms with E-state index in [-0.39, 0.29) is 91.9 Å². The summed E-state index contributed by atoms with van der Waals surface area (Å²) in [7, 11) is -13.2. The molecule has 0 spiro atoms. The van der Waals surface area contributed by atoms with E-state index in [0.717, 1.165) is 28.0 Å². The largest absolute Gasteiger partial charge is 0.381 e. The second kappa shape index (κ2) is 17.8. The molecule has 262 valence electrons. The number of aryl methyl sites for hydroxylation is 1. The van der Waals surface area contributed by atoms with Gasteiger partial charge in [-0.2, -0.15) is 25.3 Å². The van der Waals surface area contributed by atoms with Gasteiger partial charge in [0.25, 0.3) is 30.4 Å². The van der Waals surface area contributed by atoms with E-state index in [9.17, 15) is 38.9 Å². The molecule has 4 aromatic carbocycles. The van der Waals surface area contributed by atoms with Crippen molar-refractivity contribution in [3.05, 3.63) is 147 Å². The molecule has 52 heavy (non-hydrogen) atoms. The van der Waals surface area contributed by atoms with Gasteiger partial charge in [0.15, 0.2) is 0 Å². The minimum absolute atomic E-state index is 0. The number of hydrogen-bond acceptors (Lipinski definition) is 8. The number of nitrogens with one attached hydrogen (secondary N) is 1. The van der Waals surface area contributed by atoms with E-state index >= 15 is 0 Å². The van der Waals surface area contributed by atoms with Crippen molar-refractivity contribution in [2.75, 3.05) is 5.32 Å². The summed E-state index contributed by atoms with van der Waals surface area (Å²) in [6, 6.07) is 21.4. The number of anilines is 1. The second-order valence-electron chi connectivity index (χ2n) is 11.4. The molecule has 1 aliphatic rings. The summed E-state index contributed by atoms with van der Waals surface area (Å²) in [5, 5.41) is 3.36. The van der Waals surface area contributed by atoms with Crippen molar-refractivity contribution >= 4 is 118 Å². The fourth-order valence-electron chi connectivity index (χ4n) is 5.34. The molecule has 4 aromatic rings. The normalized spacial score (nSPS) is 15.0. The molecule has 17 heteroatoms. The van der Waals surface area contributed by atoms with E-state index in [1.54, 1.807) is 18.2 Å². The van der Waals surface area contributed by atoms with Gasteiger partial charge in [-0.05, 0) is 114 Å². The summed E-state index contributed by atoms with van der Waals surface area (Å²) in [5.41, 5.74) is 6.80. The number of allylic oxidation sites excluding steroid dienone is 5. The number of rotatable bonds is 10. The average molecular weight is 801 g/mol. The zero-order chi connectivity index (χ0) is 36.4. The Kier molecular flexibility index (Phi) is 15.1. The molecule has 0 heterocycles. The summed E-state index contributed by atoms with van der Waals surface area (Å²) in [6.45, 7) is 4.16. The zero-order valence-corrected chi connectivity index (χ0v) is 35.8. The van der Waals surface area contributed by atoms with Crippen LogP contribution in [0.4, 0.5) is 5.69 Å². The summed E-state index contributed by atoms with van der Waals surface area (Å²) >= 11 is 6.65. The van der Waals surface area contributed by atoms with Crippen molar-refractivity contribution in [1.82, 2.24) is 0 Å². The zero-order valence-electron chi connectivity index (χ0n) is 28.6. The van der Waals surface area contributed by atoms with E-state index in [0.29, 0.717) is 28.0 Å². The summed E-state index contributed by atoms with van der Waals surface area (Å²) in [5.74, 6) is 0. The molecule has 0 aliphatic heterocycles. The number of hydrogen-bond donors (Lipinski definition) is 4. The third-order valence-electron chi connectivity index (χ3n) is 7.82. The number of aliphatic imine (C=N–C) groups is 1. The smallest absolute Gasteiger partial charge is 0.294 e. The van der Waals surface area contributed by atoms with Gasteiger partial charge in [-0.15, -0.1) is 0 Å². The first kappa shape index (κ1) is 44.0. The van der Waals surface area contributed by atoms with Crippen molar-refractivity contribution < 1.29 is 38.9 Å². The Balaban J connectivity index is 0.00000364. The van der Waals surface area contributed by atoms with Gasteiger partial charge >= 0.3 is 0 Å². The van der Waals surface area contributed by atoms with Crippen LogP contribution in [0.25, 0.3) is 5.57 Å². The van der Waals surface area contributed by atoms with E-state index < -0.39 is 30.4 Å². The number of benzene rings is 4. The van der Waals surface area contributed by atoms with Crippen LogP contribution in [0.1, 0.15) is 34.7 Å². The SMILES string of the molecule is CC1=CC(=C(c2ccc(NCc3cccc(S(=O)(=O)O)c3)c(C)c2)c2ccc(S(=O)(=O)O)cc2Cl)C=CC1=NCc1cccc(S(=O)(=O)O)c1.[Na].[Na]. The molecule has 5 rings (SSSR count). The fourth-order valence-corrected chi connectivity index (χ4v) is 7.28. The topological polar surface area (TPSA) is 187 Å². The minimum Gasteiger partial charge on any atom is -0.381 e. The Labute approximate surface area is 352 Å². The van der Waals surface area contributed by atoms with E-state index in [1.807, 2.05) is 44.2 Å². The Morgan fingerprint density at radius 2 is 1.29 bits per heavy atom. The average Bonchev–Trinajstić information content (AvgIpc) is 3.04. The van der Waals surface area contributed by atoms with Crippen LogP contribution in [0.2, 0.25) is 5.02 Å². The van der Waals surface area contributed by atoms with Gasteiger partial charge in [-0.1, -0.05) is 54.1 Å². The van der Waals surface area contributed by atoms with Crippen LogP contribution >= 0.6 is 11.6 Å². The molecule has 0 saturated carbocycles. The molecule has 0 saturated heterocycles. The Morgan fingerprint density at radius 3 is 1.85 bits per heavy atom. The quantitative estimate of drug-likeness (QED) is 0.106. The van der Waals surface area contributed by atoms with Gasteiger partial charge in [0.2, 0.25) is 0 Å². The summed E-state index contributed by atoms with van der Waals surface area (Å²) in [4.78, 5) is 3.84. The van der Waals surface area contributed by atoms with Crippen molar-refractivity contribution in [1.29, 1.82) is 0 Å². The van der Waals surface area contributed by atoms with Gasteiger partial charge in [0.05, 0.1) is 26.9 Å². The van der Waals surface area contributed by atoms with Crippen molar-refractivity contribution in [2.24, 2.45) is 4.99 Å². The molecule has 0 aromatic heterocycles. The standard InChI is InChI=1S/C35H31ClN2O9S3.2Na/c1-22-15-26(9-13-33(22)37-20-24-5-3-7-28(17-24)48(39,40)41)35(31-12-11-30(19-32(31)36)50(45,46)47)27-10-14-34(23(2)16-27)38-21-25-6-4-8-29(18-25)49(42,43)44;;/h3-19,37H,20-21H2,1-2H3,(H,39,40,41)(H,42,43,44)(H,45,46,47);;. The molecule has 11 nitrogen and oxygen atoms in total. The maximum absolute atomic E-state index is 11.8. The molecule has 0 bridgehead atoms. The first-order chi connectivity index (χ1) is 23.4. The molecule has 0 unspecified atom stereocenters. The maximum atomic E-state index is 11.8. The van der Waals surface area contributed by atoms with Gasteiger partial charge in [0, 0.05) is 81.9 Å². The molecule has 2 radical (unpaired) electrons. The van der Waals surface area contributed by atoms with Crippen LogP contribution < -0.4 is 5.32 Å². The third-order valence-corrected chi connectivity index (χ3v) is 10.7. The Bertz CT molecular complexity index is 2480. The van der Waals surface area contributed by atoms with Gasteiger partial charge < -0.3 is 5.32 Å². The fraction of sp³-hybridized carbons (Fsp3) is 0.114. The first-order valence-electron chi connectivity index (χ1n) is 14.8. The summed E-state index contributed by atoms with van der Waals surface area (Å²) in [6.07, 6.45) is 5.51. The Hall–Kier alpha value is -2.41. The van der Waals surface area contributed by atoms with Crippen LogP contribution in [0.15, 0.2) is 134 Å². The van der Waals surface area contributed by atoms with Gasteiger partial charge in [-0.3, -0.25) is 18.7 Å².